The molecule has 0 amide bonds. The molecular formula is C14H12ClF3N4O2S. The number of nitrogens with two attached hydrogens (primary N) is 1. The lowest BCUT2D eigenvalue weighted by atomic mass is 10.1. The average molecular weight is 393 g/mol. The molecule has 0 fully saturated rings. The van der Waals surface area contributed by atoms with Gasteiger partial charge in [0.05, 0.1) is 22.8 Å². The van der Waals surface area contributed by atoms with Crippen molar-refractivity contribution in [2.45, 2.75) is 24.0 Å². The Kier molecular flexibility index (Phi) is 4.38. The van der Waals surface area contributed by atoms with Crippen LogP contribution < -0.4 is 5.73 Å². The third-order valence-electron chi connectivity index (χ3n) is 3.88. The number of fused-ring (bicyclic) bond motifs is 1. The number of nitrogens with zero attached hydrogens (tertiary/aromatic N) is 3. The molecule has 2 heterocycles. The molecule has 1 aromatic heterocycles. The molecule has 1 aliphatic heterocycles. The molecule has 0 saturated carbocycles. The molecule has 11 heteroatoms. The molecule has 0 spiro atoms. The van der Waals surface area contributed by atoms with Crippen LogP contribution in [0.15, 0.2) is 29.4 Å². The van der Waals surface area contributed by atoms with E-state index in [1.54, 1.807) is 0 Å². The molecule has 1 aliphatic rings. The van der Waals surface area contributed by atoms with E-state index in [1.165, 1.54) is 6.33 Å². The van der Waals surface area contributed by atoms with Crippen LogP contribution in [-0.2, 0) is 29.2 Å². The van der Waals surface area contributed by atoms with Crippen LogP contribution in [0.1, 0.15) is 16.8 Å². The van der Waals surface area contributed by atoms with Crippen molar-refractivity contribution in [3.05, 3.63) is 46.4 Å². The molecule has 6 nitrogen and oxygen atoms in total. The lowest BCUT2D eigenvalue weighted by molar-refractivity contribution is -0.137. The summed E-state index contributed by atoms with van der Waals surface area (Å²) >= 11 is 5.86. The Bertz CT molecular complexity index is 934. The number of halogens is 4. The van der Waals surface area contributed by atoms with Gasteiger partial charge in [0.1, 0.15) is 17.0 Å². The maximum atomic E-state index is 12.9. The number of benzene rings is 1. The first-order valence-corrected chi connectivity index (χ1v) is 8.87. The van der Waals surface area contributed by atoms with Gasteiger partial charge in [-0.05, 0) is 24.6 Å². The van der Waals surface area contributed by atoms with Gasteiger partial charge in [0.15, 0.2) is 0 Å². The van der Waals surface area contributed by atoms with Gasteiger partial charge >= 0.3 is 6.18 Å². The predicted octanol–water partition coefficient (Wildman–Crippen LogP) is 2.48. The maximum absolute atomic E-state index is 12.9. The minimum atomic E-state index is -4.68. The minimum absolute atomic E-state index is 0.0412. The highest BCUT2D eigenvalue weighted by Crippen LogP contribution is 2.35. The topological polar surface area (TPSA) is 89.2 Å². The standard InChI is InChI=1S/C14H12ClF3N4O2S/c15-10-2-1-8(14(16,17)18)5-12(10)25(23,24)22-4-3-9-11(6-22)20-7-21-13(9)19/h1-2,5,7H,3-4,6H2,(H2,19,20,21). The number of rotatable bonds is 2. The molecule has 2 N–H and O–H groups in total. The van der Waals surface area contributed by atoms with Crippen LogP contribution in [0.2, 0.25) is 5.02 Å². The Labute approximate surface area is 146 Å². The third kappa shape index (κ3) is 3.29. The van der Waals surface area contributed by atoms with Gasteiger partial charge < -0.3 is 5.73 Å². The number of anilines is 1. The fraction of sp³-hybridized carbons (Fsp3) is 0.286. The second kappa shape index (κ2) is 6.11. The van der Waals surface area contributed by atoms with Crippen molar-refractivity contribution in [3.8, 4) is 0 Å². The fourth-order valence-electron chi connectivity index (χ4n) is 2.58. The predicted molar refractivity (Wildman–Crippen MR) is 84.2 cm³/mol. The summed E-state index contributed by atoms with van der Waals surface area (Å²) in [6.45, 7) is -0.0730. The first-order valence-electron chi connectivity index (χ1n) is 7.06. The highest BCUT2D eigenvalue weighted by atomic mass is 35.5. The molecule has 0 aliphatic carbocycles. The summed E-state index contributed by atoms with van der Waals surface area (Å²) in [5.41, 5.74) is 5.71. The summed E-state index contributed by atoms with van der Waals surface area (Å²) in [5, 5.41) is -0.277. The van der Waals surface area contributed by atoms with Crippen LogP contribution in [0, 0.1) is 0 Å². The number of sulfonamides is 1. The number of aromatic nitrogens is 2. The third-order valence-corrected chi connectivity index (χ3v) is 6.21. The van der Waals surface area contributed by atoms with Crippen molar-refractivity contribution in [1.82, 2.24) is 14.3 Å². The van der Waals surface area contributed by atoms with Gasteiger partial charge in [-0.15, -0.1) is 0 Å². The van der Waals surface area contributed by atoms with E-state index in [0.29, 0.717) is 17.3 Å². The van der Waals surface area contributed by atoms with Crippen LogP contribution >= 0.6 is 11.6 Å². The summed E-state index contributed by atoms with van der Waals surface area (Å²) in [5.74, 6) is 0.263. The normalized spacial score (nSPS) is 15.8. The highest BCUT2D eigenvalue weighted by molar-refractivity contribution is 7.89. The van der Waals surface area contributed by atoms with Gasteiger partial charge in [0.25, 0.3) is 0 Å². The van der Waals surface area contributed by atoms with Crippen LogP contribution in [0.25, 0.3) is 0 Å². The number of nitrogen functional groups attached to an aromatic ring is 1. The molecule has 25 heavy (non-hydrogen) atoms. The second-order valence-electron chi connectivity index (χ2n) is 5.42. The smallest absolute Gasteiger partial charge is 0.383 e. The summed E-state index contributed by atoms with van der Waals surface area (Å²) in [7, 11) is -4.23. The molecule has 0 unspecified atom stereocenters. The molecule has 2 aromatic rings. The fourth-order valence-corrected chi connectivity index (χ4v) is 4.48. The van der Waals surface area contributed by atoms with Crippen molar-refractivity contribution < 1.29 is 21.6 Å². The second-order valence-corrected chi connectivity index (χ2v) is 7.73. The van der Waals surface area contributed by atoms with Crippen LogP contribution in [0.3, 0.4) is 0 Å². The molecule has 0 bridgehead atoms. The Morgan fingerprint density at radius 3 is 2.64 bits per heavy atom. The Balaban J connectivity index is 2.01. The summed E-state index contributed by atoms with van der Waals surface area (Å²) in [6.07, 6.45) is -3.20. The largest absolute Gasteiger partial charge is 0.416 e. The molecule has 1 aromatic carbocycles. The zero-order valence-electron chi connectivity index (χ0n) is 12.6. The van der Waals surface area contributed by atoms with Crippen LogP contribution in [0.5, 0.6) is 0 Å². The summed E-state index contributed by atoms with van der Waals surface area (Å²) in [4.78, 5) is 7.26. The van der Waals surface area contributed by atoms with Crippen molar-refractivity contribution in [3.63, 3.8) is 0 Å². The van der Waals surface area contributed by atoms with Gasteiger partial charge in [-0.2, -0.15) is 17.5 Å². The first kappa shape index (κ1) is 17.9. The van der Waals surface area contributed by atoms with E-state index in [2.05, 4.69) is 9.97 Å². The quantitative estimate of drug-likeness (QED) is 0.848. The Hall–Kier alpha value is -1.91. The number of hydrogen-bond donors (Lipinski definition) is 1. The first-order chi connectivity index (χ1) is 11.6. The minimum Gasteiger partial charge on any atom is -0.383 e. The van der Waals surface area contributed by atoms with Crippen molar-refractivity contribution in [2.24, 2.45) is 0 Å². The summed E-state index contributed by atoms with van der Waals surface area (Å²) in [6, 6.07) is 2.21. The van der Waals surface area contributed by atoms with E-state index in [-0.39, 0.29) is 30.4 Å². The molecule has 3 rings (SSSR count). The maximum Gasteiger partial charge on any atom is 0.416 e. The Morgan fingerprint density at radius 2 is 1.96 bits per heavy atom. The van der Waals surface area contributed by atoms with Crippen LogP contribution in [-0.4, -0.2) is 29.2 Å². The molecule has 134 valence electrons. The van der Waals surface area contributed by atoms with Crippen molar-refractivity contribution >= 4 is 27.4 Å². The van der Waals surface area contributed by atoms with E-state index in [4.69, 9.17) is 17.3 Å². The van der Waals surface area contributed by atoms with Crippen molar-refractivity contribution in [2.75, 3.05) is 12.3 Å². The average Bonchev–Trinajstić information content (AvgIpc) is 2.54. The zero-order valence-corrected chi connectivity index (χ0v) is 14.2. The molecule has 0 atom stereocenters. The van der Waals surface area contributed by atoms with Gasteiger partial charge in [0, 0.05) is 12.1 Å². The van der Waals surface area contributed by atoms with Gasteiger partial charge in [-0.25, -0.2) is 18.4 Å². The van der Waals surface area contributed by atoms with E-state index in [1.807, 2.05) is 0 Å². The van der Waals surface area contributed by atoms with E-state index in [9.17, 15) is 21.6 Å². The monoisotopic (exact) mass is 392 g/mol. The van der Waals surface area contributed by atoms with Gasteiger partial charge in [-0.3, -0.25) is 0 Å². The molecule has 0 radical (unpaired) electrons. The lowest BCUT2D eigenvalue weighted by Gasteiger charge is -2.28. The van der Waals surface area contributed by atoms with Crippen molar-refractivity contribution in [1.29, 1.82) is 0 Å². The van der Waals surface area contributed by atoms with Gasteiger partial charge in [0.2, 0.25) is 10.0 Å². The van der Waals surface area contributed by atoms with Crippen LogP contribution in [0.4, 0.5) is 19.0 Å². The van der Waals surface area contributed by atoms with E-state index >= 15 is 0 Å². The number of alkyl halides is 3. The lowest BCUT2D eigenvalue weighted by Crippen LogP contribution is -2.37. The molecular weight excluding hydrogens is 381 g/mol. The number of hydrogen-bond acceptors (Lipinski definition) is 5. The summed E-state index contributed by atoms with van der Waals surface area (Å²) < 4.78 is 65.3. The van der Waals surface area contributed by atoms with Gasteiger partial charge in [-0.1, -0.05) is 11.6 Å². The Morgan fingerprint density at radius 1 is 1.24 bits per heavy atom. The zero-order chi connectivity index (χ0) is 18.4. The highest BCUT2D eigenvalue weighted by Gasteiger charge is 2.35. The van der Waals surface area contributed by atoms with E-state index in [0.717, 1.165) is 16.4 Å². The molecule has 0 saturated heterocycles. The SMILES string of the molecule is Nc1ncnc2c1CCN(S(=O)(=O)c1cc(C(F)(F)F)ccc1Cl)C2. The van der Waals surface area contributed by atoms with E-state index < -0.39 is 26.7 Å².